The molecule has 14 nitrogen and oxygen atoms in total. The number of Topliss-reactive ketones (excluding diaryl/α,β-unsaturated/α-hetero) is 2. The molecule has 1 saturated heterocycles. The van der Waals surface area contributed by atoms with Crippen LogP contribution in [-0.4, -0.2) is 99.8 Å². The number of ether oxygens (including phenoxy) is 5. The number of rotatable bonds is 2. The molecule has 312 valence electrons. The van der Waals surface area contributed by atoms with Crippen molar-refractivity contribution in [2.75, 3.05) is 20.4 Å². The van der Waals surface area contributed by atoms with Gasteiger partial charge in [-0.1, -0.05) is 45.9 Å². The van der Waals surface area contributed by atoms with Crippen molar-refractivity contribution in [1.29, 1.82) is 0 Å². The summed E-state index contributed by atoms with van der Waals surface area (Å²) in [5.41, 5.74) is 0.283. The fourth-order valence-electron chi connectivity index (χ4n) is 8.07. The van der Waals surface area contributed by atoms with Gasteiger partial charge in [-0.15, -0.1) is 0 Å². The minimum atomic E-state index is -1.95. The number of nitrogens with zero attached hydrogens (tertiary/aromatic N) is 1. The zero-order valence-electron chi connectivity index (χ0n) is 35.0. The Hall–Kier alpha value is -4.34. The zero-order chi connectivity index (χ0) is 42.5. The standard InChI is InChI=1S/C43H58N2O12/c1-20-14-13-15-21(2)41(52)44-32-27-18-45(42(8,9)10)19-54-39(27)29-30(36(32)50)35(49)25(6)38-31(29)40(51)43(11,57-38)55-17-16-28(53-12)22(3)37(56-26(7)46)24(5)34(48)23(4)33(20)47/h13-17,20,22-24,28,33-34,37,39,47-49H,18-19H2,1-12H3,(H,44,52)/b14-13+,17-16+,21-15-/t20-,22+,23+,24+,28-,33-,34+,37+,39?,43-/m0/s1. The molecule has 57 heavy (non-hydrogen) atoms. The first kappa shape index (κ1) is 43.8. The summed E-state index contributed by atoms with van der Waals surface area (Å²) in [6.45, 7) is 19.1. The summed E-state index contributed by atoms with van der Waals surface area (Å²) in [6, 6.07) is 0. The quantitative estimate of drug-likeness (QED) is 0.295. The lowest BCUT2D eigenvalue weighted by Crippen LogP contribution is -2.50. The second-order valence-corrected chi connectivity index (χ2v) is 16.9. The van der Waals surface area contributed by atoms with E-state index in [0.717, 1.165) is 0 Å². The van der Waals surface area contributed by atoms with E-state index in [4.69, 9.17) is 23.7 Å². The second kappa shape index (κ2) is 16.5. The molecule has 1 fully saturated rings. The van der Waals surface area contributed by atoms with Crippen molar-refractivity contribution in [1.82, 2.24) is 10.2 Å². The van der Waals surface area contributed by atoms with Crippen molar-refractivity contribution in [2.24, 2.45) is 23.7 Å². The molecule has 0 radical (unpaired) electrons. The largest absolute Gasteiger partial charge is 0.507 e. The Morgan fingerprint density at radius 2 is 1.67 bits per heavy atom. The molecule has 0 spiro atoms. The SMILES string of the molecule is CO[C@H]1/C=C/O[C@@]2(C)Oc3c(C)c(O)c4c(c3C2=O)C2OCN(C(C)(C)C)CC2=C(NC(=O)/C(C)=C\C=C\[C@H](C)[C@H](O)[C@@H](C)[C@@H](O)[C@@H](C)[C@H](OC(C)=O)[C@@H]1C)C4=O. The molecule has 14 heteroatoms. The van der Waals surface area contributed by atoms with Crippen LogP contribution in [-0.2, 0) is 28.5 Å². The van der Waals surface area contributed by atoms with Crippen molar-refractivity contribution in [3.8, 4) is 11.5 Å². The van der Waals surface area contributed by atoms with Crippen molar-refractivity contribution >= 4 is 23.4 Å². The highest BCUT2D eigenvalue weighted by molar-refractivity contribution is 6.19. The molecule has 1 amide bonds. The Balaban J connectivity index is 1.67. The highest BCUT2D eigenvalue weighted by Crippen LogP contribution is 2.53. The van der Waals surface area contributed by atoms with E-state index in [1.807, 2.05) is 25.7 Å². The minimum absolute atomic E-state index is 0.0251. The molecule has 4 aliphatic rings. The molecular weight excluding hydrogens is 736 g/mol. The molecule has 1 aromatic rings. The number of nitrogens with one attached hydrogen (secondary N) is 1. The van der Waals surface area contributed by atoms with Crippen LogP contribution < -0.4 is 10.1 Å². The predicted molar refractivity (Wildman–Crippen MR) is 209 cm³/mol. The number of aliphatic hydroxyl groups is 2. The third-order valence-electron chi connectivity index (χ3n) is 11.9. The monoisotopic (exact) mass is 794 g/mol. The van der Waals surface area contributed by atoms with Crippen LogP contribution in [0.25, 0.3) is 0 Å². The lowest BCUT2D eigenvalue weighted by atomic mass is 9.78. The van der Waals surface area contributed by atoms with Gasteiger partial charge in [0.05, 0.1) is 41.4 Å². The Labute approximate surface area is 334 Å². The average molecular weight is 795 g/mol. The number of aliphatic hydroxyl groups excluding tert-OH is 2. The highest BCUT2D eigenvalue weighted by atomic mass is 16.7. The van der Waals surface area contributed by atoms with Crippen LogP contribution in [0, 0.1) is 30.6 Å². The molecule has 0 saturated carbocycles. The van der Waals surface area contributed by atoms with Gasteiger partial charge >= 0.3 is 11.8 Å². The van der Waals surface area contributed by atoms with Gasteiger partial charge in [0.15, 0.2) is 0 Å². The number of phenols is 1. The number of ketones is 2. The summed E-state index contributed by atoms with van der Waals surface area (Å²) in [4.78, 5) is 57.2. The number of phenolic OH excluding ortho intramolecular Hbond substituents is 1. The van der Waals surface area contributed by atoms with Gasteiger partial charge in [0.25, 0.3) is 11.7 Å². The molecule has 1 aliphatic carbocycles. The molecular formula is C43H58N2O12. The van der Waals surface area contributed by atoms with Gasteiger partial charge in [-0.2, -0.15) is 0 Å². The summed E-state index contributed by atoms with van der Waals surface area (Å²) in [5.74, 6) is -7.19. The number of carbonyl (C=O) groups is 4. The molecule has 3 aliphatic heterocycles. The lowest BCUT2D eigenvalue weighted by molar-refractivity contribution is -0.160. The number of benzene rings is 1. The summed E-state index contributed by atoms with van der Waals surface area (Å²) in [6.07, 6.45) is 2.87. The predicted octanol–water partition coefficient (Wildman–Crippen LogP) is 4.95. The summed E-state index contributed by atoms with van der Waals surface area (Å²) < 4.78 is 30.2. The average Bonchev–Trinajstić information content (AvgIpc) is 3.42. The Morgan fingerprint density at radius 3 is 2.28 bits per heavy atom. The number of hydrogen-bond acceptors (Lipinski definition) is 13. The van der Waals surface area contributed by atoms with Crippen LogP contribution >= 0.6 is 0 Å². The smallest absolute Gasteiger partial charge is 0.312 e. The fourth-order valence-corrected chi connectivity index (χ4v) is 8.07. The first-order valence-corrected chi connectivity index (χ1v) is 19.4. The molecule has 5 bridgehead atoms. The summed E-state index contributed by atoms with van der Waals surface area (Å²) >= 11 is 0. The minimum Gasteiger partial charge on any atom is -0.507 e. The van der Waals surface area contributed by atoms with E-state index in [1.165, 1.54) is 40.2 Å². The number of aromatic hydroxyl groups is 1. The zero-order valence-corrected chi connectivity index (χ0v) is 35.0. The number of amides is 1. The first-order chi connectivity index (χ1) is 26.5. The Morgan fingerprint density at radius 1 is 1.00 bits per heavy atom. The van der Waals surface area contributed by atoms with Crippen molar-refractivity contribution in [3.05, 3.63) is 69.7 Å². The van der Waals surface area contributed by atoms with E-state index in [0.29, 0.717) is 5.57 Å². The summed E-state index contributed by atoms with van der Waals surface area (Å²) in [5, 5.41) is 37.3. The van der Waals surface area contributed by atoms with Gasteiger partial charge in [0.2, 0.25) is 5.78 Å². The third kappa shape index (κ3) is 8.20. The molecule has 4 N–H and O–H groups in total. The van der Waals surface area contributed by atoms with Crippen molar-refractivity contribution in [3.63, 3.8) is 0 Å². The maximum atomic E-state index is 14.6. The normalized spacial score (nSPS) is 35.0. The molecule has 3 heterocycles. The topological polar surface area (TPSA) is 190 Å². The number of fused-ring (bicyclic) bond motifs is 3. The van der Waals surface area contributed by atoms with E-state index in [1.54, 1.807) is 52.8 Å². The number of carbonyl (C=O) groups excluding carboxylic acids is 4. The fraction of sp³-hybridized carbons (Fsp3) is 0.581. The van der Waals surface area contributed by atoms with Crippen LogP contribution in [0.3, 0.4) is 0 Å². The van der Waals surface area contributed by atoms with Crippen molar-refractivity contribution in [2.45, 2.75) is 118 Å². The van der Waals surface area contributed by atoms with E-state index in [9.17, 15) is 34.5 Å². The Kier molecular flexibility index (Phi) is 12.7. The van der Waals surface area contributed by atoms with Crippen LogP contribution in [0.1, 0.15) is 107 Å². The molecule has 0 aromatic heterocycles. The van der Waals surface area contributed by atoms with Crippen LogP contribution in [0.5, 0.6) is 11.5 Å². The van der Waals surface area contributed by atoms with E-state index >= 15 is 0 Å². The maximum absolute atomic E-state index is 14.6. The van der Waals surface area contributed by atoms with Gasteiger partial charge in [0, 0.05) is 79.0 Å². The molecule has 1 unspecified atom stereocenters. The molecule has 10 atom stereocenters. The number of allylic oxidation sites excluding steroid dienone is 3. The number of methoxy groups -OCH3 is 1. The van der Waals surface area contributed by atoms with E-state index in [-0.39, 0.29) is 52.5 Å². The van der Waals surface area contributed by atoms with Gasteiger partial charge < -0.3 is 44.3 Å². The number of esters is 1. The third-order valence-corrected chi connectivity index (χ3v) is 11.9. The Bertz CT molecular complexity index is 1920. The molecule has 5 rings (SSSR count). The molecule has 1 aromatic carbocycles. The van der Waals surface area contributed by atoms with Crippen LogP contribution in [0.4, 0.5) is 0 Å². The van der Waals surface area contributed by atoms with Gasteiger partial charge in [0.1, 0.15) is 30.4 Å². The van der Waals surface area contributed by atoms with Crippen LogP contribution in [0.2, 0.25) is 0 Å². The van der Waals surface area contributed by atoms with Crippen molar-refractivity contribution < 1.29 is 58.2 Å². The maximum Gasteiger partial charge on any atom is 0.312 e. The lowest BCUT2D eigenvalue weighted by Gasteiger charge is -2.44. The second-order valence-electron chi connectivity index (χ2n) is 16.9. The highest BCUT2D eigenvalue weighted by Gasteiger charge is 2.54. The van der Waals surface area contributed by atoms with Gasteiger partial charge in [-0.3, -0.25) is 24.1 Å². The van der Waals surface area contributed by atoms with Crippen LogP contribution in [0.15, 0.2) is 47.4 Å². The van der Waals surface area contributed by atoms with Gasteiger partial charge in [-0.05, 0) is 40.7 Å². The first-order valence-electron chi connectivity index (χ1n) is 19.4. The number of hydrogen-bond donors (Lipinski definition) is 4. The summed E-state index contributed by atoms with van der Waals surface area (Å²) in [7, 11) is 1.46. The van der Waals surface area contributed by atoms with Gasteiger partial charge in [-0.25, -0.2) is 0 Å². The van der Waals surface area contributed by atoms with E-state index in [2.05, 4.69) is 5.32 Å². The van der Waals surface area contributed by atoms with E-state index < -0.39 is 94.7 Å².